The number of nitrogens with zero attached hydrogens (tertiary/aromatic N) is 1. The molecule has 0 bridgehead atoms. The molecule has 2 aromatic carbocycles. The largest absolute Gasteiger partial charge is 0.497 e. The molecule has 1 atom stereocenters. The summed E-state index contributed by atoms with van der Waals surface area (Å²) in [6.07, 6.45) is -0.236. The maximum absolute atomic E-state index is 13.4. The third-order valence-corrected chi connectivity index (χ3v) is 6.51. The number of amides is 1. The number of methoxy groups -OCH3 is 2. The predicted molar refractivity (Wildman–Crippen MR) is 114 cm³/mol. The monoisotopic (exact) mass is 451 g/mol. The van der Waals surface area contributed by atoms with Crippen molar-refractivity contribution in [3.05, 3.63) is 56.6 Å². The minimum atomic E-state index is -0.820. The van der Waals surface area contributed by atoms with Crippen molar-refractivity contribution in [3.8, 4) is 11.5 Å². The quantitative estimate of drug-likeness (QED) is 0.721. The fourth-order valence-electron chi connectivity index (χ4n) is 3.90. The maximum atomic E-state index is 13.4. The van der Waals surface area contributed by atoms with Crippen LogP contribution in [0.2, 0.25) is 10.0 Å². The highest BCUT2D eigenvalue weighted by molar-refractivity contribution is 6.37. The number of rotatable bonds is 6. The van der Waals surface area contributed by atoms with Crippen molar-refractivity contribution in [2.45, 2.75) is 19.1 Å². The van der Waals surface area contributed by atoms with Crippen LogP contribution in [0.15, 0.2) is 24.3 Å². The van der Waals surface area contributed by atoms with Crippen molar-refractivity contribution in [2.75, 3.05) is 34.0 Å². The van der Waals surface area contributed by atoms with Crippen LogP contribution in [0.5, 0.6) is 11.5 Å². The van der Waals surface area contributed by atoms with E-state index in [-0.39, 0.29) is 16.8 Å². The summed E-state index contributed by atoms with van der Waals surface area (Å²) in [7, 11) is 3.17. The van der Waals surface area contributed by atoms with E-state index in [1.54, 1.807) is 31.3 Å². The maximum Gasteiger partial charge on any atom is 0.256 e. The van der Waals surface area contributed by atoms with Gasteiger partial charge in [-0.3, -0.25) is 4.79 Å². The molecule has 6 nitrogen and oxygen atoms in total. The Kier molecular flexibility index (Phi) is 6.11. The van der Waals surface area contributed by atoms with E-state index >= 15 is 0 Å². The second-order valence-corrected chi connectivity index (χ2v) is 8.30. The Morgan fingerprint density at radius 2 is 2.00 bits per heavy atom. The van der Waals surface area contributed by atoms with E-state index in [0.29, 0.717) is 60.4 Å². The molecule has 4 rings (SSSR count). The fourth-order valence-corrected chi connectivity index (χ4v) is 4.57. The molecular formula is C22H23Cl2NO5. The zero-order valence-electron chi connectivity index (χ0n) is 16.8. The first kappa shape index (κ1) is 21.2. The molecule has 8 heteroatoms. The summed E-state index contributed by atoms with van der Waals surface area (Å²) in [6.45, 7) is 1.80. The molecule has 2 aliphatic heterocycles. The van der Waals surface area contributed by atoms with Crippen LogP contribution in [-0.4, -0.2) is 49.9 Å². The van der Waals surface area contributed by atoms with Crippen LogP contribution in [-0.2, 0) is 17.7 Å². The molecule has 2 heterocycles. The molecule has 2 aliphatic rings. The second kappa shape index (κ2) is 8.63. The van der Waals surface area contributed by atoms with Crippen molar-refractivity contribution in [1.82, 2.24) is 4.90 Å². The summed E-state index contributed by atoms with van der Waals surface area (Å²) in [5.74, 6) is 1.07. The van der Waals surface area contributed by atoms with Crippen molar-refractivity contribution >= 4 is 29.1 Å². The van der Waals surface area contributed by atoms with Gasteiger partial charge in [0.15, 0.2) is 0 Å². The lowest BCUT2D eigenvalue weighted by atomic mass is 9.89. The molecule has 0 spiro atoms. The lowest BCUT2D eigenvalue weighted by Crippen LogP contribution is -2.38. The minimum Gasteiger partial charge on any atom is -0.497 e. The summed E-state index contributed by atoms with van der Waals surface area (Å²) in [6, 6.07) is 7.18. The topological polar surface area (TPSA) is 68.2 Å². The van der Waals surface area contributed by atoms with Gasteiger partial charge in [0, 0.05) is 41.2 Å². The van der Waals surface area contributed by atoms with Gasteiger partial charge in [-0.1, -0.05) is 23.2 Å². The van der Waals surface area contributed by atoms with E-state index in [4.69, 9.17) is 37.4 Å². The normalized spacial score (nSPS) is 17.4. The lowest BCUT2D eigenvalue weighted by molar-refractivity contribution is -0.0923. The first-order chi connectivity index (χ1) is 14.4. The predicted octanol–water partition coefficient (Wildman–Crippen LogP) is 3.89. The van der Waals surface area contributed by atoms with E-state index < -0.39 is 6.10 Å². The van der Waals surface area contributed by atoms with Gasteiger partial charge in [-0.15, -0.1) is 0 Å². The summed E-state index contributed by atoms with van der Waals surface area (Å²) >= 11 is 13.1. The van der Waals surface area contributed by atoms with Crippen molar-refractivity contribution in [3.63, 3.8) is 0 Å². The molecule has 1 N–H and O–H groups in total. The van der Waals surface area contributed by atoms with E-state index in [9.17, 15) is 9.90 Å². The summed E-state index contributed by atoms with van der Waals surface area (Å²) in [5.41, 5.74) is 2.44. The molecule has 160 valence electrons. The average Bonchev–Trinajstić information content (AvgIpc) is 2.70. The number of halogens is 2. The van der Waals surface area contributed by atoms with Crippen LogP contribution < -0.4 is 9.47 Å². The Morgan fingerprint density at radius 3 is 2.63 bits per heavy atom. The van der Waals surface area contributed by atoms with Crippen LogP contribution in [0, 0.1) is 5.92 Å². The highest BCUT2D eigenvalue weighted by Gasteiger charge is 2.35. The first-order valence-electron chi connectivity index (χ1n) is 9.71. The van der Waals surface area contributed by atoms with Gasteiger partial charge in [-0.05, 0) is 30.2 Å². The summed E-state index contributed by atoms with van der Waals surface area (Å²) < 4.78 is 15.9. The van der Waals surface area contributed by atoms with Gasteiger partial charge < -0.3 is 24.2 Å². The third-order valence-electron chi connectivity index (χ3n) is 5.76. The number of hydrogen-bond acceptors (Lipinski definition) is 5. The smallest absolute Gasteiger partial charge is 0.256 e. The standard InChI is InChI=1S/C22H23Cl2NO5/c1-28-14-4-3-12(18(7-14)29-2)9-25-6-5-15-17(23)8-16(20(24)19(15)22(25)27)21(26)13-10-30-11-13/h3-4,7-8,13,21,26H,5-6,9-11H2,1-2H3. The average molecular weight is 452 g/mol. The molecule has 30 heavy (non-hydrogen) atoms. The van der Waals surface area contributed by atoms with Crippen LogP contribution in [0.25, 0.3) is 0 Å². The van der Waals surface area contributed by atoms with Gasteiger partial charge in [0.25, 0.3) is 5.91 Å². The number of fused-ring (bicyclic) bond motifs is 1. The van der Waals surface area contributed by atoms with Crippen LogP contribution in [0.4, 0.5) is 0 Å². The molecule has 2 aromatic rings. The van der Waals surface area contributed by atoms with Crippen molar-refractivity contribution < 1.29 is 24.1 Å². The number of carbonyl (C=O) groups excluding carboxylic acids is 1. The molecule has 0 aromatic heterocycles. The number of aliphatic hydroxyl groups is 1. The Morgan fingerprint density at radius 1 is 1.23 bits per heavy atom. The number of benzene rings is 2. The van der Waals surface area contributed by atoms with E-state index in [2.05, 4.69) is 0 Å². The highest BCUT2D eigenvalue weighted by Crippen LogP contribution is 2.41. The van der Waals surface area contributed by atoms with Gasteiger partial charge in [-0.2, -0.15) is 0 Å². The zero-order valence-corrected chi connectivity index (χ0v) is 18.3. The van der Waals surface area contributed by atoms with Gasteiger partial charge in [0.1, 0.15) is 11.5 Å². The zero-order chi connectivity index (χ0) is 21.4. The van der Waals surface area contributed by atoms with E-state index in [1.807, 2.05) is 12.1 Å². The Hall–Kier alpha value is -1.99. The fraction of sp³-hybridized carbons (Fsp3) is 0.409. The molecule has 0 aliphatic carbocycles. The molecule has 1 amide bonds. The summed E-state index contributed by atoms with van der Waals surface area (Å²) in [5, 5.41) is 11.4. The van der Waals surface area contributed by atoms with Gasteiger partial charge in [-0.25, -0.2) is 0 Å². The number of aliphatic hydroxyl groups excluding tert-OH is 1. The Labute approximate surface area is 185 Å². The van der Waals surface area contributed by atoms with Gasteiger partial charge in [0.2, 0.25) is 0 Å². The van der Waals surface area contributed by atoms with Gasteiger partial charge in [0.05, 0.1) is 44.1 Å². The molecule has 1 saturated heterocycles. The molecule has 0 radical (unpaired) electrons. The molecule has 0 saturated carbocycles. The third kappa shape index (κ3) is 3.73. The van der Waals surface area contributed by atoms with Crippen molar-refractivity contribution in [2.24, 2.45) is 5.92 Å². The number of hydrogen-bond donors (Lipinski definition) is 1. The molecule has 1 fully saturated rings. The van der Waals surface area contributed by atoms with Crippen LogP contribution in [0.1, 0.15) is 33.2 Å². The number of carbonyl (C=O) groups is 1. The Balaban J connectivity index is 1.65. The Bertz CT molecular complexity index is 976. The molecular weight excluding hydrogens is 429 g/mol. The van der Waals surface area contributed by atoms with E-state index in [1.165, 1.54) is 0 Å². The second-order valence-electron chi connectivity index (χ2n) is 7.51. The van der Waals surface area contributed by atoms with Crippen molar-refractivity contribution in [1.29, 1.82) is 0 Å². The van der Waals surface area contributed by atoms with E-state index in [0.717, 1.165) is 11.1 Å². The van der Waals surface area contributed by atoms with Crippen LogP contribution >= 0.6 is 23.2 Å². The summed E-state index contributed by atoms with van der Waals surface area (Å²) in [4.78, 5) is 15.1. The van der Waals surface area contributed by atoms with Gasteiger partial charge >= 0.3 is 0 Å². The first-order valence-corrected chi connectivity index (χ1v) is 10.5. The molecule has 1 unspecified atom stereocenters. The number of ether oxygens (including phenoxy) is 3. The lowest BCUT2D eigenvalue weighted by Gasteiger charge is -2.34. The highest BCUT2D eigenvalue weighted by atomic mass is 35.5. The minimum absolute atomic E-state index is 0.0463. The van der Waals surface area contributed by atoms with Crippen LogP contribution in [0.3, 0.4) is 0 Å². The SMILES string of the molecule is COc1ccc(CN2CCc3c(Cl)cc(C(O)C4COC4)c(Cl)c3C2=O)c(OC)c1.